The summed E-state index contributed by atoms with van der Waals surface area (Å²) in [7, 11) is 0. The van der Waals surface area contributed by atoms with Crippen LogP contribution in [-0.2, 0) is 19.0 Å². The van der Waals surface area contributed by atoms with Gasteiger partial charge in [0.1, 0.15) is 0 Å². The molecule has 1 aromatic carbocycles. The summed E-state index contributed by atoms with van der Waals surface area (Å²) in [6.07, 6.45) is -0.204. The normalized spacial score (nSPS) is 24.3. The third-order valence-electron chi connectivity index (χ3n) is 2.49. The van der Waals surface area contributed by atoms with Crippen LogP contribution in [0.25, 0.3) is 0 Å². The van der Waals surface area contributed by atoms with Gasteiger partial charge in [-0.3, -0.25) is 0 Å². The van der Waals surface area contributed by atoms with E-state index in [1.165, 1.54) is 11.4 Å². The summed E-state index contributed by atoms with van der Waals surface area (Å²) in [6, 6.07) is 10.2. The van der Waals surface area contributed by atoms with Gasteiger partial charge in [-0.2, -0.15) is 0 Å². The Hall–Kier alpha value is -0.871. The maximum absolute atomic E-state index is 11.1. The Kier molecular flexibility index (Phi) is 5.20. The van der Waals surface area contributed by atoms with Gasteiger partial charge in [-0.05, 0) is 0 Å². The minimum absolute atomic E-state index is 0.200. The Morgan fingerprint density at radius 1 is 1.28 bits per heavy atom. The first-order valence-corrected chi connectivity index (χ1v) is 7.64. The average molecular weight is 315 g/mol. The fourth-order valence-corrected chi connectivity index (χ4v) is 4.05. The SMILES string of the molecule is CC(=O)O[C@@H]1COCOC[C@H]1[Se]c1ccccc1. The average Bonchev–Trinajstić information content (AvgIpc) is 2.56. The van der Waals surface area contributed by atoms with Gasteiger partial charge in [-0.15, -0.1) is 0 Å². The van der Waals surface area contributed by atoms with Gasteiger partial charge in [0.25, 0.3) is 0 Å². The van der Waals surface area contributed by atoms with Crippen molar-refractivity contribution in [1.82, 2.24) is 0 Å². The molecule has 4 nitrogen and oxygen atoms in total. The molecule has 1 aromatic rings. The molecule has 0 N–H and O–H groups in total. The van der Waals surface area contributed by atoms with Crippen molar-refractivity contribution in [3.8, 4) is 0 Å². The number of esters is 1. The quantitative estimate of drug-likeness (QED) is 0.610. The molecule has 98 valence electrons. The number of benzene rings is 1. The molecule has 0 bridgehead atoms. The van der Waals surface area contributed by atoms with E-state index in [9.17, 15) is 4.79 Å². The van der Waals surface area contributed by atoms with E-state index in [2.05, 4.69) is 12.1 Å². The van der Waals surface area contributed by atoms with Crippen LogP contribution in [0.4, 0.5) is 0 Å². The summed E-state index contributed by atoms with van der Waals surface area (Å²) in [5.74, 6) is -0.264. The maximum atomic E-state index is 11.1. The number of hydrogen-bond donors (Lipinski definition) is 0. The Morgan fingerprint density at radius 3 is 2.72 bits per heavy atom. The van der Waals surface area contributed by atoms with Crippen LogP contribution in [0, 0.1) is 0 Å². The monoisotopic (exact) mass is 316 g/mol. The van der Waals surface area contributed by atoms with Crippen LogP contribution < -0.4 is 4.46 Å². The first-order chi connectivity index (χ1) is 8.75. The van der Waals surface area contributed by atoms with Crippen LogP contribution in [0.1, 0.15) is 6.92 Å². The molecule has 18 heavy (non-hydrogen) atoms. The van der Waals surface area contributed by atoms with E-state index in [-0.39, 0.29) is 38.6 Å². The van der Waals surface area contributed by atoms with Crippen LogP contribution in [0.3, 0.4) is 0 Å². The third-order valence-corrected chi connectivity index (χ3v) is 5.19. The van der Waals surface area contributed by atoms with E-state index >= 15 is 0 Å². The molecular weight excluding hydrogens is 299 g/mol. The second-order valence-electron chi connectivity index (χ2n) is 3.98. The topological polar surface area (TPSA) is 44.8 Å². The van der Waals surface area contributed by atoms with Crippen LogP contribution in [0.5, 0.6) is 0 Å². The Bertz CT molecular complexity index is 382. The van der Waals surface area contributed by atoms with Crippen LogP contribution in [0.2, 0.25) is 4.82 Å². The van der Waals surface area contributed by atoms with E-state index in [0.717, 1.165) is 0 Å². The van der Waals surface area contributed by atoms with Gasteiger partial charge in [-0.1, -0.05) is 0 Å². The molecule has 0 spiro atoms. The molecule has 0 unspecified atom stereocenters. The minimum atomic E-state index is -0.264. The van der Waals surface area contributed by atoms with Gasteiger partial charge in [0, 0.05) is 0 Å². The molecule has 1 heterocycles. The van der Waals surface area contributed by atoms with Gasteiger partial charge in [-0.25, -0.2) is 0 Å². The van der Waals surface area contributed by atoms with Crippen molar-refractivity contribution in [3.63, 3.8) is 0 Å². The third kappa shape index (κ3) is 4.10. The van der Waals surface area contributed by atoms with Crippen molar-refractivity contribution in [2.24, 2.45) is 0 Å². The summed E-state index contributed by atoms with van der Waals surface area (Å²) in [5.41, 5.74) is 0. The van der Waals surface area contributed by atoms with Gasteiger partial charge < -0.3 is 0 Å². The Labute approximate surface area is 113 Å². The summed E-state index contributed by atoms with van der Waals surface area (Å²) in [4.78, 5) is 11.3. The summed E-state index contributed by atoms with van der Waals surface area (Å²) in [5, 5.41) is 0. The number of hydrogen-bond acceptors (Lipinski definition) is 4. The first kappa shape index (κ1) is 13.6. The summed E-state index contributed by atoms with van der Waals surface area (Å²) < 4.78 is 17.3. The van der Waals surface area contributed by atoms with E-state index in [1.54, 1.807) is 0 Å². The standard InChI is InChI=1S/C13H16O4Se/c1-10(14)17-12-7-15-9-16-8-13(12)18-11-5-3-2-4-6-11/h2-6,12-13H,7-9H2,1H3/t12-,13-/m1/s1. The summed E-state index contributed by atoms with van der Waals surface area (Å²) >= 11 is 0.203. The van der Waals surface area contributed by atoms with Crippen molar-refractivity contribution >= 4 is 25.4 Å². The molecule has 1 fully saturated rings. The van der Waals surface area contributed by atoms with Crippen LogP contribution in [0.15, 0.2) is 30.3 Å². The van der Waals surface area contributed by atoms with E-state index in [0.29, 0.717) is 13.2 Å². The summed E-state index contributed by atoms with van der Waals surface area (Å²) in [6.45, 7) is 2.70. The number of ether oxygens (including phenoxy) is 3. The van der Waals surface area contributed by atoms with Crippen molar-refractivity contribution in [2.75, 3.05) is 20.0 Å². The van der Waals surface area contributed by atoms with Crippen LogP contribution >= 0.6 is 0 Å². The molecule has 0 aliphatic carbocycles. The van der Waals surface area contributed by atoms with Crippen molar-refractivity contribution < 1.29 is 19.0 Å². The van der Waals surface area contributed by atoms with Gasteiger partial charge in [0.05, 0.1) is 0 Å². The zero-order valence-electron chi connectivity index (χ0n) is 10.2. The molecule has 1 saturated heterocycles. The Morgan fingerprint density at radius 2 is 2.00 bits per heavy atom. The Balaban J connectivity index is 2.03. The first-order valence-electron chi connectivity index (χ1n) is 5.80. The second-order valence-corrected chi connectivity index (χ2v) is 6.73. The molecule has 5 heteroatoms. The number of carbonyl (C=O) groups excluding carboxylic acids is 1. The molecule has 2 atom stereocenters. The molecule has 1 aliphatic rings. The van der Waals surface area contributed by atoms with E-state index < -0.39 is 0 Å². The predicted molar refractivity (Wildman–Crippen MR) is 67.9 cm³/mol. The molecule has 0 aromatic heterocycles. The number of carbonyl (C=O) groups is 1. The van der Waals surface area contributed by atoms with Crippen molar-refractivity contribution in [2.45, 2.75) is 17.8 Å². The predicted octanol–water partition coefficient (Wildman–Crippen LogP) is 0.741. The van der Waals surface area contributed by atoms with E-state index in [4.69, 9.17) is 14.2 Å². The fourth-order valence-electron chi connectivity index (χ4n) is 1.71. The molecule has 0 saturated carbocycles. The fraction of sp³-hybridized carbons (Fsp3) is 0.462. The molecule has 0 radical (unpaired) electrons. The van der Waals surface area contributed by atoms with Gasteiger partial charge in [0.15, 0.2) is 0 Å². The van der Waals surface area contributed by atoms with Crippen molar-refractivity contribution in [3.05, 3.63) is 30.3 Å². The number of rotatable bonds is 3. The molecule has 2 rings (SSSR count). The molecule has 0 amide bonds. The van der Waals surface area contributed by atoms with Gasteiger partial charge >= 0.3 is 113 Å². The van der Waals surface area contributed by atoms with Crippen LogP contribution in [-0.4, -0.2) is 47.0 Å². The molecular formula is C13H16O4Se. The van der Waals surface area contributed by atoms with Crippen molar-refractivity contribution in [1.29, 1.82) is 0 Å². The van der Waals surface area contributed by atoms with E-state index in [1.807, 2.05) is 18.2 Å². The van der Waals surface area contributed by atoms with Gasteiger partial charge in [0.2, 0.25) is 0 Å². The molecule has 1 aliphatic heterocycles. The zero-order chi connectivity index (χ0) is 12.8. The zero-order valence-corrected chi connectivity index (χ0v) is 11.9. The second kappa shape index (κ2) is 6.90.